The molecular weight excluding hydrogens is 306 g/mol. The van der Waals surface area contributed by atoms with E-state index < -0.39 is 17.4 Å². The van der Waals surface area contributed by atoms with E-state index in [-0.39, 0.29) is 5.91 Å². The molecule has 0 heterocycles. The summed E-state index contributed by atoms with van der Waals surface area (Å²) < 4.78 is 5.19. The van der Waals surface area contributed by atoms with Crippen LogP contribution in [0.15, 0.2) is 18.2 Å². The summed E-state index contributed by atoms with van der Waals surface area (Å²) in [5.41, 5.74) is 0.708. The molecule has 1 saturated carbocycles. The van der Waals surface area contributed by atoms with Gasteiger partial charge in [-0.1, -0.05) is 25.8 Å². The van der Waals surface area contributed by atoms with E-state index in [4.69, 9.17) is 4.74 Å². The van der Waals surface area contributed by atoms with Crippen molar-refractivity contribution < 1.29 is 19.4 Å². The van der Waals surface area contributed by atoms with Crippen LogP contribution in [0.1, 0.15) is 56.6 Å². The van der Waals surface area contributed by atoms with E-state index in [0.717, 1.165) is 29.7 Å². The van der Waals surface area contributed by atoms with Gasteiger partial charge in [0.15, 0.2) is 0 Å². The van der Waals surface area contributed by atoms with E-state index in [9.17, 15) is 14.7 Å². The van der Waals surface area contributed by atoms with Gasteiger partial charge in [0.2, 0.25) is 5.91 Å². The molecule has 0 bridgehead atoms. The zero-order valence-corrected chi connectivity index (χ0v) is 14.9. The molecule has 2 N–H and O–H groups in total. The van der Waals surface area contributed by atoms with Crippen molar-refractivity contribution in [3.8, 4) is 5.75 Å². The summed E-state index contributed by atoms with van der Waals surface area (Å²) in [6.07, 6.45) is 2.82. The molecule has 3 unspecified atom stereocenters. The number of amides is 1. The van der Waals surface area contributed by atoms with Crippen molar-refractivity contribution in [1.82, 2.24) is 5.32 Å². The lowest BCUT2D eigenvalue weighted by atomic mass is 9.76. The van der Waals surface area contributed by atoms with Crippen LogP contribution >= 0.6 is 0 Å². The normalized spacial score (nSPS) is 24.9. The van der Waals surface area contributed by atoms with E-state index in [0.29, 0.717) is 18.8 Å². The minimum absolute atomic E-state index is 0.236. The number of carboxylic acid groups (broad SMARTS) is 1. The molecule has 1 aliphatic rings. The summed E-state index contributed by atoms with van der Waals surface area (Å²) in [6, 6.07) is 5.58. The molecule has 0 spiro atoms. The maximum absolute atomic E-state index is 12.7. The SMILES string of the molecule is COc1ccc(C(C)C(=O)NC2(C(=O)O)CCCC(C)C2)c(C)c1. The van der Waals surface area contributed by atoms with Gasteiger partial charge in [-0.25, -0.2) is 4.79 Å². The molecule has 2 rings (SSSR count). The zero-order valence-electron chi connectivity index (χ0n) is 14.9. The lowest BCUT2D eigenvalue weighted by Crippen LogP contribution is -2.57. The van der Waals surface area contributed by atoms with Crippen LogP contribution < -0.4 is 10.1 Å². The van der Waals surface area contributed by atoms with Crippen molar-refractivity contribution >= 4 is 11.9 Å². The zero-order chi connectivity index (χ0) is 17.9. The standard InChI is InChI=1S/C19H27NO4/c1-12-6-5-9-19(11-12,18(22)23)20-17(21)14(3)16-8-7-15(24-4)10-13(16)2/h7-8,10,12,14H,5-6,9,11H2,1-4H3,(H,20,21)(H,22,23). The number of ether oxygens (including phenoxy) is 1. The summed E-state index contributed by atoms with van der Waals surface area (Å²) in [5, 5.41) is 12.5. The molecule has 132 valence electrons. The summed E-state index contributed by atoms with van der Waals surface area (Å²) in [5.74, 6) is -0.537. The second kappa shape index (κ2) is 7.24. The summed E-state index contributed by atoms with van der Waals surface area (Å²) >= 11 is 0. The monoisotopic (exact) mass is 333 g/mol. The fourth-order valence-corrected chi connectivity index (χ4v) is 3.66. The largest absolute Gasteiger partial charge is 0.497 e. The topological polar surface area (TPSA) is 75.6 Å². The molecule has 0 radical (unpaired) electrons. The Balaban J connectivity index is 2.19. The number of hydrogen-bond acceptors (Lipinski definition) is 3. The van der Waals surface area contributed by atoms with Crippen molar-refractivity contribution in [2.75, 3.05) is 7.11 Å². The van der Waals surface area contributed by atoms with Crippen LogP contribution in [0.2, 0.25) is 0 Å². The number of nitrogens with one attached hydrogen (secondary N) is 1. The highest BCUT2D eigenvalue weighted by Gasteiger charge is 2.43. The maximum Gasteiger partial charge on any atom is 0.329 e. The van der Waals surface area contributed by atoms with Crippen molar-refractivity contribution in [1.29, 1.82) is 0 Å². The van der Waals surface area contributed by atoms with E-state index in [1.807, 2.05) is 39.0 Å². The Morgan fingerprint density at radius 3 is 2.67 bits per heavy atom. The molecule has 0 saturated heterocycles. The fourth-order valence-electron chi connectivity index (χ4n) is 3.66. The predicted molar refractivity (Wildman–Crippen MR) is 92.3 cm³/mol. The Labute approximate surface area is 143 Å². The van der Waals surface area contributed by atoms with Gasteiger partial charge in [-0.15, -0.1) is 0 Å². The number of carbonyl (C=O) groups excluding carboxylic acids is 1. The van der Waals surface area contributed by atoms with E-state index in [1.54, 1.807) is 7.11 Å². The second-order valence-corrected chi connectivity index (χ2v) is 7.02. The van der Waals surface area contributed by atoms with Gasteiger partial charge in [-0.2, -0.15) is 0 Å². The van der Waals surface area contributed by atoms with Crippen molar-refractivity contribution in [3.63, 3.8) is 0 Å². The molecule has 24 heavy (non-hydrogen) atoms. The first-order valence-electron chi connectivity index (χ1n) is 8.49. The number of carbonyl (C=O) groups is 2. The first kappa shape index (κ1) is 18.3. The molecule has 0 aliphatic heterocycles. The first-order valence-corrected chi connectivity index (χ1v) is 8.49. The smallest absolute Gasteiger partial charge is 0.329 e. The van der Waals surface area contributed by atoms with Crippen LogP contribution in [0.4, 0.5) is 0 Å². The highest BCUT2D eigenvalue weighted by molar-refractivity contribution is 5.90. The van der Waals surface area contributed by atoms with Crippen molar-refractivity contribution in [2.24, 2.45) is 5.92 Å². The molecule has 0 aromatic heterocycles. The van der Waals surface area contributed by atoms with Gasteiger partial charge >= 0.3 is 5.97 Å². The van der Waals surface area contributed by atoms with Gasteiger partial charge in [-0.05, 0) is 55.9 Å². The molecule has 1 aromatic rings. The van der Waals surface area contributed by atoms with Crippen molar-refractivity contribution in [3.05, 3.63) is 29.3 Å². The molecule has 5 nitrogen and oxygen atoms in total. The van der Waals surface area contributed by atoms with Gasteiger partial charge in [0.1, 0.15) is 11.3 Å². The second-order valence-electron chi connectivity index (χ2n) is 7.02. The van der Waals surface area contributed by atoms with Crippen LogP contribution in [0.3, 0.4) is 0 Å². The van der Waals surface area contributed by atoms with Gasteiger partial charge < -0.3 is 15.2 Å². The Bertz CT molecular complexity index is 628. The molecule has 1 amide bonds. The number of methoxy groups -OCH3 is 1. The summed E-state index contributed by atoms with van der Waals surface area (Å²) in [6.45, 7) is 5.78. The third-order valence-corrected chi connectivity index (χ3v) is 5.11. The van der Waals surface area contributed by atoms with Crippen LogP contribution in [-0.2, 0) is 9.59 Å². The molecule has 1 aliphatic carbocycles. The minimum Gasteiger partial charge on any atom is -0.497 e. The molecule has 1 aromatic carbocycles. The molecule has 5 heteroatoms. The Kier molecular flexibility index (Phi) is 5.52. The predicted octanol–water partition coefficient (Wildman–Crippen LogP) is 3.26. The first-order chi connectivity index (χ1) is 11.3. The number of aryl methyl sites for hydroxylation is 1. The Morgan fingerprint density at radius 1 is 1.42 bits per heavy atom. The van der Waals surface area contributed by atoms with Gasteiger partial charge in [0.25, 0.3) is 0 Å². The maximum atomic E-state index is 12.7. The highest BCUT2D eigenvalue weighted by atomic mass is 16.5. The molecule has 3 atom stereocenters. The average Bonchev–Trinajstić information content (AvgIpc) is 2.53. The lowest BCUT2D eigenvalue weighted by molar-refractivity contribution is -0.150. The number of benzene rings is 1. The Hall–Kier alpha value is -2.04. The minimum atomic E-state index is -1.14. The van der Waals surface area contributed by atoms with Crippen LogP contribution in [0, 0.1) is 12.8 Å². The number of hydrogen-bond donors (Lipinski definition) is 2. The fraction of sp³-hybridized carbons (Fsp3) is 0.579. The van der Waals surface area contributed by atoms with E-state index >= 15 is 0 Å². The van der Waals surface area contributed by atoms with Gasteiger partial charge in [0.05, 0.1) is 13.0 Å². The van der Waals surface area contributed by atoms with Gasteiger partial charge in [-0.3, -0.25) is 4.79 Å². The van der Waals surface area contributed by atoms with Crippen LogP contribution in [0.5, 0.6) is 5.75 Å². The van der Waals surface area contributed by atoms with E-state index in [2.05, 4.69) is 5.32 Å². The quantitative estimate of drug-likeness (QED) is 0.867. The van der Waals surface area contributed by atoms with E-state index in [1.165, 1.54) is 0 Å². The number of aliphatic carboxylic acids is 1. The average molecular weight is 333 g/mol. The third-order valence-electron chi connectivity index (χ3n) is 5.11. The third kappa shape index (κ3) is 3.71. The van der Waals surface area contributed by atoms with Crippen LogP contribution in [-0.4, -0.2) is 29.6 Å². The molecular formula is C19H27NO4. The summed E-state index contributed by atoms with van der Waals surface area (Å²) in [4.78, 5) is 24.6. The molecule has 1 fully saturated rings. The van der Waals surface area contributed by atoms with Crippen LogP contribution in [0.25, 0.3) is 0 Å². The lowest BCUT2D eigenvalue weighted by Gasteiger charge is -2.37. The Morgan fingerprint density at radius 2 is 2.12 bits per heavy atom. The summed E-state index contributed by atoms with van der Waals surface area (Å²) in [7, 11) is 1.60. The number of rotatable bonds is 5. The van der Waals surface area contributed by atoms with Gasteiger partial charge in [0, 0.05) is 0 Å². The number of carboxylic acids is 1. The van der Waals surface area contributed by atoms with Crippen molar-refractivity contribution in [2.45, 2.75) is 57.9 Å². The highest BCUT2D eigenvalue weighted by Crippen LogP contribution is 2.33.